The van der Waals surface area contributed by atoms with Gasteiger partial charge in [0.1, 0.15) is 0 Å². The number of ether oxygens (including phenoxy) is 1. The summed E-state index contributed by atoms with van der Waals surface area (Å²) in [6, 6.07) is 23.1. The van der Waals surface area contributed by atoms with E-state index in [-0.39, 0.29) is 10.8 Å². The summed E-state index contributed by atoms with van der Waals surface area (Å²) in [5.41, 5.74) is 2.90. The summed E-state index contributed by atoms with van der Waals surface area (Å²) in [6.45, 7) is 3.12. The Hall–Kier alpha value is -3.16. The van der Waals surface area contributed by atoms with Crippen LogP contribution in [0, 0.1) is 6.92 Å². The normalized spacial score (nSPS) is 11.2. The van der Waals surface area contributed by atoms with Crippen molar-refractivity contribution >= 4 is 21.6 Å². The molecule has 0 N–H and O–H groups in total. The van der Waals surface area contributed by atoms with Crippen LogP contribution in [0.2, 0.25) is 0 Å². The molecule has 168 valence electrons. The number of anilines is 1. The van der Waals surface area contributed by atoms with E-state index < -0.39 is 10.0 Å². The lowest BCUT2D eigenvalue weighted by Crippen LogP contribution is -2.33. The van der Waals surface area contributed by atoms with E-state index in [0.29, 0.717) is 30.9 Å². The van der Waals surface area contributed by atoms with E-state index >= 15 is 0 Å². The largest absolute Gasteiger partial charge is 0.383 e. The number of amides is 1. The van der Waals surface area contributed by atoms with Gasteiger partial charge < -0.3 is 9.64 Å². The molecule has 3 rings (SSSR count). The lowest BCUT2D eigenvalue weighted by Gasteiger charge is -2.23. The standard InChI is InChI=1S/C25H28N2O4S/c1-20-12-14-23(15-13-20)26(2)32(29,30)24-11-7-10-22(18-24)25(28)27(16-17-31-3)19-21-8-5-4-6-9-21/h4-15,18H,16-17,19H2,1-3H3. The van der Waals surface area contributed by atoms with Crippen LogP contribution >= 0.6 is 0 Å². The summed E-state index contributed by atoms with van der Waals surface area (Å²) in [4.78, 5) is 15.0. The van der Waals surface area contributed by atoms with Gasteiger partial charge in [0.15, 0.2) is 0 Å². The second-order valence-electron chi connectivity index (χ2n) is 7.54. The molecule has 6 nitrogen and oxygen atoms in total. The van der Waals surface area contributed by atoms with Crippen molar-refractivity contribution in [3.8, 4) is 0 Å². The van der Waals surface area contributed by atoms with Gasteiger partial charge in [0.2, 0.25) is 0 Å². The first-order valence-corrected chi connectivity index (χ1v) is 11.7. The molecule has 0 bridgehead atoms. The second kappa shape index (κ2) is 10.4. The summed E-state index contributed by atoms with van der Waals surface area (Å²) in [5, 5.41) is 0. The smallest absolute Gasteiger partial charge is 0.264 e. The average molecular weight is 453 g/mol. The van der Waals surface area contributed by atoms with Gasteiger partial charge in [0.25, 0.3) is 15.9 Å². The molecular weight excluding hydrogens is 424 g/mol. The molecule has 0 spiro atoms. The molecule has 0 unspecified atom stereocenters. The monoisotopic (exact) mass is 452 g/mol. The summed E-state index contributed by atoms with van der Waals surface area (Å²) in [6.07, 6.45) is 0. The van der Waals surface area contributed by atoms with Crippen LogP contribution in [0.1, 0.15) is 21.5 Å². The van der Waals surface area contributed by atoms with Crippen LogP contribution in [0.4, 0.5) is 5.69 Å². The third-order valence-corrected chi connectivity index (χ3v) is 6.99. The first kappa shape index (κ1) is 23.5. The summed E-state index contributed by atoms with van der Waals surface area (Å²) < 4.78 is 32.8. The molecule has 0 aliphatic carbocycles. The van der Waals surface area contributed by atoms with E-state index in [1.807, 2.05) is 49.4 Å². The molecule has 0 heterocycles. The van der Waals surface area contributed by atoms with Gasteiger partial charge in [-0.05, 0) is 42.8 Å². The van der Waals surface area contributed by atoms with Gasteiger partial charge in [0.05, 0.1) is 17.2 Å². The number of aryl methyl sites for hydroxylation is 1. The number of methoxy groups -OCH3 is 1. The van der Waals surface area contributed by atoms with Crippen LogP contribution in [0.25, 0.3) is 0 Å². The van der Waals surface area contributed by atoms with Crippen molar-refractivity contribution in [2.24, 2.45) is 0 Å². The molecule has 0 aliphatic rings. The van der Waals surface area contributed by atoms with Crippen LogP contribution in [0.15, 0.2) is 83.8 Å². The lowest BCUT2D eigenvalue weighted by molar-refractivity contribution is 0.0680. The zero-order chi connectivity index (χ0) is 23.1. The SMILES string of the molecule is COCCN(Cc1ccccc1)C(=O)c1cccc(S(=O)(=O)N(C)c2ccc(C)cc2)c1. The zero-order valence-electron chi connectivity index (χ0n) is 18.6. The molecular formula is C25H28N2O4S. The maximum atomic E-state index is 13.3. The van der Waals surface area contributed by atoms with Gasteiger partial charge >= 0.3 is 0 Å². The molecule has 3 aromatic rings. The van der Waals surface area contributed by atoms with E-state index in [2.05, 4.69) is 0 Å². The van der Waals surface area contributed by atoms with E-state index in [1.54, 1.807) is 36.3 Å². The highest BCUT2D eigenvalue weighted by atomic mass is 32.2. The van der Waals surface area contributed by atoms with Crippen molar-refractivity contribution in [3.63, 3.8) is 0 Å². The van der Waals surface area contributed by atoms with Crippen molar-refractivity contribution in [2.45, 2.75) is 18.4 Å². The van der Waals surface area contributed by atoms with Crippen molar-refractivity contribution in [2.75, 3.05) is 31.6 Å². The molecule has 0 aliphatic heterocycles. The molecule has 0 saturated carbocycles. The average Bonchev–Trinajstić information content (AvgIpc) is 2.82. The number of hydrogen-bond acceptors (Lipinski definition) is 4. The van der Waals surface area contributed by atoms with Crippen molar-refractivity contribution < 1.29 is 17.9 Å². The molecule has 3 aromatic carbocycles. The highest BCUT2D eigenvalue weighted by Crippen LogP contribution is 2.23. The lowest BCUT2D eigenvalue weighted by atomic mass is 10.1. The highest BCUT2D eigenvalue weighted by molar-refractivity contribution is 7.92. The van der Waals surface area contributed by atoms with Crippen LogP contribution in [-0.2, 0) is 21.3 Å². The van der Waals surface area contributed by atoms with Gasteiger partial charge in [-0.3, -0.25) is 9.10 Å². The van der Waals surface area contributed by atoms with Crippen LogP contribution in [0.3, 0.4) is 0 Å². The molecule has 0 aromatic heterocycles. The number of rotatable bonds is 9. The van der Waals surface area contributed by atoms with Crippen molar-refractivity contribution in [3.05, 3.63) is 95.6 Å². The third kappa shape index (κ3) is 5.55. The Balaban J connectivity index is 1.88. The quantitative estimate of drug-likeness (QED) is 0.490. The Morgan fingerprint density at radius 2 is 1.62 bits per heavy atom. The van der Waals surface area contributed by atoms with E-state index in [0.717, 1.165) is 11.1 Å². The van der Waals surface area contributed by atoms with Crippen molar-refractivity contribution in [1.29, 1.82) is 0 Å². The summed E-state index contributed by atoms with van der Waals surface area (Å²) >= 11 is 0. The number of carbonyl (C=O) groups excluding carboxylic acids is 1. The molecule has 7 heteroatoms. The topological polar surface area (TPSA) is 66.9 Å². The Bertz CT molecular complexity index is 1150. The molecule has 0 radical (unpaired) electrons. The van der Waals surface area contributed by atoms with Crippen LogP contribution < -0.4 is 4.31 Å². The van der Waals surface area contributed by atoms with Crippen molar-refractivity contribution in [1.82, 2.24) is 4.90 Å². The number of benzene rings is 3. The third-order valence-electron chi connectivity index (χ3n) is 5.21. The molecule has 0 atom stereocenters. The minimum atomic E-state index is -3.82. The fraction of sp³-hybridized carbons (Fsp3) is 0.240. The fourth-order valence-electron chi connectivity index (χ4n) is 3.28. The summed E-state index contributed by atoms with van der Waals surface area (Å²) in [5.74, 6) is -0.249. The van der Waals surface area contributed by atoms with Gasteiger partial charge in [-0.2, -0.15) is 0 Å². The molecule has 1 amide bonds. The first-order chi connectivity index (χ1) is 15.3. The van der Waals surface area contributed by atoms with Gasteiger partial charge in [0, 0.05) is 32.8 Å². The zero-order valence-corrected chi connectivity index (χ0v) is 19.4. The minimum Gasteiger partial charge on any atom is -0.383 e. The Morgan fingerprint density at radius 1 is 0.938 bits per heavy atom. The Morgan fingerprint density at radius 3 is 2.28 bits per heavy atom. The highest BCUT2D eigenvalue weighted by Gasteiger charge is 2.24. The Labute approximate surface area is 190 Å². The number of sulfonamides is 1. The second-order valence-corrected chi connectivity index (χ2v) is 9.51. The van der Waals surface area contributed by atoms with E-state index in [9.17, 15) is 13.2 Å². The summed E-state index contributed by atoms with van der Waals surface area (Å²) in [7, 11) is -0.733. The van der Waals surface area contributed by atoms with Crippen LogP contribution in [-0.4, -0.2) is 46.5 Å². The van der Waals surface area contributed by atoms with E-state index in [1.165, 1.54) is 23.5 Å². The minimum absolute atomic E-state index is 0.0674. The molecule has 0 fully saturated rings. The number of carbonyl (C=O) groups is 1. The first-order valence-electron chi connectivity index (χ1n) is 10.3. The Kier molecular flexibility index (Phi) is 7.66. The fourth-order valence-corrected chi connectivity index (χ4v) is 4.52. The van der Waals surface area contributed by atoms with Gasteiger partial charge in [-0.25, -0.2) is 8.42 Å². The number of nitrogens with zero attached hydrogens (tertiary/aromatic N) is 2. The predicted octanol–water partition coefficient (Wildman–Crippen LogP) is 4.11. The van der Waals surface area contributed by atoms with Crippen LogP contribution in [0.5, 0.6) is 0 Å². The van der Waals surface area contributed by atoms with Gasteiger partial charge in [-0.1, -0.05) is 54.1 Å². The van der Waals surface area contributed by atoms with Gasteiger partial charge in [-0.15, -0.1) is 0 Å². The maximum absolute atomic E-state index is 13.3. The molecule has 0 saturated heterocycles. The maximum Gasteiger partial charge on any atom is 0.264 e. The predicted molar refractivity (Wildman–Crippen MR) is 126 cm³/mol. The number of hydrogen-bond donors (Lipinski definition) is 0. The van der Waals surface area contributed by atoms with E-state index in [4.69, 9.17) is 4.74 Å². The molecule has 32 heavy (non-hydrogen) atoms.